The summed E-state index contributed by atoms with van der Waals surface area (Å²) in [6, 6.07) is 11.2. The number of carbonyl (C=O) groups is 2. The number of ether oxygens (including phenoxy) is 1. The summed E-state index contributed by atoms with van der Waals surface area (Å²) in [5.74, 6) is 1.14. The maximum Gasteiger partial charge on any atom is 0.389 e. The van der Waals surface area contributed by atoms with E-state index in [9.17, 15) is 27.2 Å². The van der Waals surface area contributed by atoms with Crippen molar-refractivity contribution in [3.8, 4) is 40.5 Å². The summed E-state index contributed by atoms with van der Waals surface area (Å²) >= 11 is 0. The van der Waals surface area contributed by atoms with E-state index in [1.165, 1.54) is 56.6 Å². The number of nitrogens with one attached hydrogen (secondary N) is 2. The molecule has 0 spiro atoms. The largest absolute Gasteiger partial charge is 0.496 e. The number of benzene rings is 2. The fourth-order valence-electron chi connectivity index (χ4n) is 4.36. The molecule has 2 N–H and O–H groups in total. The lowest BCUT2D eigenvalue weighted by Gasteiger charge is -2.21. The lowest BCUT2D eigenvalue weighted by atomic mass is 9.96. The first-order valence-electron chi connectivity index (χ1n) is 12.8. The quantitative estimate of drug-likeness (QED) is 0.188. The van der Waals surface area contributed by atoms with E-state index >= 15 is 0 Å². The zero-order chi connectivity index (χ0) is 30.8. The molecule has 2 aromatic heterocycles. The highest BCUT2D eigenvalue weighted by Crippen LogP contribution is 2.38. The van der Waals surface area contributed by atoms with Crippen molar-refractivity contribution in [1.29, 1.82) is 0 Å². The van der Waals surface area contributed by atoms with Crippen LogP contribution in [0.2, 0.25) is 0 Å². The van der Waals surface area contributed by atoms with Crippen molar-refractivity contribution in [2.45, 2.75) is 38.4 Å². The third kappa shape index (κ3) is 6.38. The van der Waals surface area contributed by atoms with Crippen LogP contribution in [0.3, 0.4) is 0 Å². The van der Waals surface area contributed by atoms with Crippen LogP contribution >= 0.6 is 0 Å². The number of rotatable bonds is 8. The molecule has 7 nitrogen and oxygen atoms in total. The van der Waals surface area contributed by atoms with Gasteiger partial charge in [-0.2, -0.15) is 13.2 Å². The summed E-state index contributed by atoms with van der Waals surface area (Å²) in [5.41, 5.74) is 0.0788. The number of halogens is 4. The second-order valence-corrected chi connectivity index (χ2v) is 9.98. The Kier molecular flexibility index (Phi) is 8.29. The average molecular weight is 582 g/mol. The fraction of sp³-hybridized carbons (Fsp3) is 0.258. The van der Waals surface area contributed by atoms with Crippen molar-refractivity contribution in [2.75, 3.05) is 14.2 Å². The Morgan fingerprint density at radius 2 is 1.71 bits per heavy atom. The minimum Gasteiger partial charge on any atom is -0.496 e. The van der Waals surface area contributed by atoms with Gasteiger partial charge in [0.1, 0.15) is 17.3 Å². The van der Waals surface area contributed by atoms with E-state index in [1.807, 2.05) is 0 Å². The number of carbonyl (C=O) groups excluding carboxylic acids is 2. The van der Waals surface area contributed by atoms with Gasteiger partial charge >= 0.3 is 6.18 Å². The van der Waals surface area contributed by atoms with Gasteiger partial charge in [-0.15, -0.1) is 6.42 Å². The minimum absolute atomic E-state index is 0.0307. The molecule has 0 radical (unpaired) electrons. The molecule has 2 heterocycles. The van der Waals surface area contributed by atoms with Crippen molar-refractivity contribution in [2.24, 2.45) is 0 Å². The molecule has 0 aliphatic heterocycles. The summed E-state index contributed by atoms with van der Waals surface area (Å²) in [6.07, 6.45) is -0.646. The highest BCUT2D eigenvalue weighted by molar-refractivity contribution is 6.11. The Balaban J connectivity index is 1.97. The first-order chi connectivity index (χ1) is 19.8. The molecule has 42 heavy (non-hydrogen) atoms. The molecule has 0 fully saturated rings. The van der Waals surface area contributed by atoms with Crippen molar-refractivity contribution in [3.05, 3.63) is 71.2 Å². The number of furan rings is 1. The maximum absolute atomic E-state index is 13.6. The molecule has 218 valence electrons. The zero-order valence-corrected chi connectivity index (χ0v) is 23.2. The van der Waals surface area contributed by atoms with Gasteiger partial charge in [0.05, 0.1) is 34.9 Å². The van der Waals surface area contributed by atoms with Crippen LogP contribution in [0.5, 0.6) is 5.75 Å². The number of alkyl halides is 3. The molecule has 4 rings (SSSR count). The van der Waals surface area contributed by atoms with Gasteiger partial charge in [-0.05, 0) is 68.3 Å². The first kappa shape index (κ1) is 30.1. The molecule has 0 bridgehead atoms. The van der Waals surface area contributed by atoms with Gasteiger partial charge in [0.15, 0.2) is 0 Å². The van der Waals surface area contributed by atoms with E-state index in [0.717, 1.165) is 0 Å². The number of hydrogen-bond donors (Lipinski definition) is 2. The molecule has 0 saturated heterocycles. The predicted molar refractivity (Wildman–Crippen MR) is 150 cm³/mol. The molecular formula is C31H27F4N3O4. The van der Waals surface area contributed by atoms with Crippen LogP contribution in [0.25, 0.3) is 33.6 Å². The first-order valence-corrected chi connectivity index (χ1v) is 12.8. The summed E-state index contributed by atoms with van der Waals surface area (Å²) in [4.78, 5) is 30.6. The van der Waals surface area contributed by atoms with E-state index in [1.54, 1.807) is 19.9 Å². The average Bonchev–Trinajstić information content (AvgIpc) is 3.32. The Morgan fingerprint density at radius 3 is 2.31 bits per heavy atom. The molecule has 0 aliphatic carbocycles. The number of terminal acetylenes is 1. The van der Waals surface area contributed by atoms with E-state index in [0.29, 0.717) is 11.1 Å². The van der Waals surface area contributed by atoms with Crippen LogP contribution in [0.1, 0.15) is 46.7 Å². The molecule has 0 unspecified atom stereocenters. The van der Waals surface area contributed by atoms with Gasteiger partial charge in [-0.25, -0.2) is 9.37 Å². The fourth-order valence-corrected chi connectivity index (χ4v) is 4.36. The smallest absolute Gasteiger partial charge is 0.389 e. The third-order valence-corrected chi connectivity index (χ3v) is 6.51. The van der Waals surface area contributed by atoms with Crippen LogP contribution in [0.15, 0.2) is 52.9 Å². The molecule has 4 aromatic rings. The Hall–Kier alpha value is -4.85. The monoisotopic (exact) mass is 581 g/mol. The molecule has 11 heteroatoms. The number of fused-ring (bicyclic) bond motifs is 1. The highest BCUT2D eigenvalue weighted by Gasteiger charge is 2.30. The van der Waals surface area contributed by atoms with E-state index in [2.05, 4.69) is 21.5 Å². The van der Waals surface area contributed by atoms with Gasteiger partial charge in [0.25, 0.3) is 11.8 Å². The summed E-state index contributed by atoms with van der Waals surface area (Å²) < 4.78 is 64.8. The van der Waals surface area contributed by atoms with Crippen LogP contribution < -0.4 is 15.4 Å². The molecule has 0 atom stereocenters. The molecule has 0 saturated carbocycles. The lowest BCUT2D eigenvalue weighted by Crippen LogP contribution is -2.42. The number of amides is 2. The highest BCUT2D eigenvalue weighted by atomic mass is 19.4. The van der Waals surface area contributed by atoms with E-state index in [4.69, 9.17) is 15.6 Å². The number of hydrogen-bond acceptors (Lipinski definition) is 5. The standard InChI is InChI=1S/C31H27F4N3O4/c1-6-30(2,3)38-27(39)21-15-18(9-12-24(21)41-5)20-16-22-25(28(40)36-4)26(17-7-10-19(32)11-8-17)42-29(22)37-23(20)13-14-31(33,34)35/h1,7-12,15-16H,13-14H2,2-5H3,(H,36,40)(H,38,39). The van der Waals surface area contributed by atoms with Crippen LogP contribution in [-0.4, -0.2) is 42.7 Å². The number of pyridine rings is 1. The van der Waals surface area contributed by atoms with Gasteiger partial charge in [0, 0.05) is 24.6 Å². The van der Waals surface area contributed by atoms with E-state index < -0.39 is 42.2 Å². The van der Waals surface area contributed by atoms with Gasteiger partial charge < -0.3 is 19.8 Å². The summed E-state index contributed by atoms with van der Waals surface area (Å²) in [5, 5.41) is 5.46. The van der Waals surface area contributed by atoms with Crippen molar-refractivity contribution in [3.63, 3.8) is 0 Å². The Bertz CT molecular complexity index is 1700. The van der Waals surface area contributed by atoms with Gasteiger partial charge in [-0.1, -0.05) is 12.0 Å². The second kappa shape index (κ2) is 11.6. The van der Waals surface area contributed by atoms with Crippen LogP contribution in [0.4, 0.5) is 17.6 Å². The molecular weight excluding hydrogens is 554 g/mol. The Labute approximate surface area is 239 Å². The van der Waals surface area contributed by atoms with Crippen LogP contribution in [0, 0.1) is 18.2 Å². The van der Waals surface area contributed by atoms with E-state index in [-0.39, 0.29) is 45.0 Å². The van der Waals surface area contributed by atoms with Gasteiger partial charge in [-0.3, -0.25) is 9.59 Å². The SMILES string of the molecule is C#CC(C)(C)NC(=O)c1cc(-c2cc3c(C(=O)NC)c(-c4ccc(F)cc4)oc3nc2CCC(F)(F)F)ccc1OC. The number of aryl methyl sites for hydroxylation is 1. The Morgan fingerprint density at radius 1 is 1.05 bits per heavy atom. The van der Waals surface area contributed by atoms with Crippen molar-refractivity contribution < 1.29 is 36.3 Å². The number of aromatic nitrogens is 1. The third-order valence-electron chi connectivity index (χ3n) is 6.51. The van der Waals surface area contributed by atoms with Gasteiger partial charge in [0.2, 0.25) is 5.71 Å². The zero-order valence-electron chi connectivity index (χ0n) is 23.2. The summed E-state index contributed by atoms with van der Waals surface area (Å²) in [6.45, 7) is 3.26. The minimum atomic E-state index is -4.48. The topological polar surface area (TPSA) is 93.5 Å². The molecule has 0 aliphatic rings. The predicted octanol–water partition coefficient (Wildman–Crippen LogP) is 6.31. The lowest BCUT2D eigenvalue weighted by molar-refractivity contribution is -0.134. The van der Waals surface area contributed by atoms with Crippen molar-refractivity contribution in [1.82, 2.24) is 15.6 Å². The number of methoxy groups -OCH3 is 1. The maximum atomic E-state index is 13.6. The number of nitrogens with zero attached hydrogens (tertiary/aromatic N) is 1. The molecule has 2 amide bonds. The second-order valence-electron chi connectivity index (χ2n) is 9.98. The summed E-state index contributed by atoms with van der Waals surface area (Å²) in [7, 11) is 2.78. The molecule has 2 aromatic carbocycles. The van der Waals surface area contributed by atoms with Crippen LogP contribution in [-0.2, 0) is 6.42 Å². The van der Waals surface area contributed by atoms with Crippen molar-refractivity contribution >= 4 is 22.9 Å². The normalized spacial score (nSPS) is 11.7.